The van der Waals surface area contributed by atoms with Crippen LogP contribution in [0.4, 0.5) is 0 Å². The van der Waals surface area contributed by atoms with Gasteiger partial charge < -0.3 is 9.90 Å². The van der Waals surface area contributed by atoms with Crippen LogP contribution in [0.1, 0.15) is 93.4 Å². The molecule has 0 bridgehead atoms. The maximum Gasteiger partial charge on any atom is 0.160 e. The summed E-state index contributed by atoms with van der Waals surface area (Å²) < 4.78 is 0. The molecule has 0 aliphatic heterocycles. The Bertz CT molecular complexity index is 949. The van der Waals surface area contributed by atoms with Crippen molar-refractivity contribution in [1.29, 1.82) is 0 Å². The highest BCUT2D eigenvalue weighted by Crippen LogP contribution is 2.73. The van der Waals surface area contributed by atoms with Gasteiger partial charge in [-0.05, 0) is 106 Å². The van der Waals surface area contributed by atoms with E-state index in [9.17, 15) is 19.5 Å². The first kappa shape index (κ1) is 25.5. The van der Waals surface area contributed by atoms with E-state index in [0.29, 0.717) is 24.7 Å². The second kappa shape index (κ2) is 7.98. The lowest BCUT2D eigenvalue weighted by molar-refractivity contribution is -0.169. The number of aliphatic hydroxyl groups is 1. The van der Waals surface area contributed by atoms with Gasteiger partial charge in [0.15, 0.2) is 5.78 Å². The van der Waals surface area contributed by atoms with Crippen LogP contribution >= 0.6 is 0 Å². The number of allylic oxidation sites excluding steroid dienone is 3. The van der Waals surface area contributed by atoms with Crippen molar-refractivity contribution in [3.8, 4) is 0 Å². The highest BCUT2D eigenvalue weighted by molar-refractivity contribution is 6.01. The molecule has 0 aromatic heterocycles. The zero-order valence-corrected chi connectivity index (χ0v) is 22.2. The Balaban J connectivity index is 1.72. The minimum Gasteiger partial charge on any atom is -0.386 e. The van der Waals surface area contributed by atoms with E-state index in [-0.39, 0.29) is 34.2 Å². The van der Waals surface area contributed by atoms with Crippen molar-refractivity contribution in [3.63, 3.8) is 0 Å². The van der Waals surface area contributed by atoms with E-state index in [0.717, 1.165) is 44.0 Å². The third-order valence-corrected chi connectivity index (χ3v) is 11.0. The molecule has 7 atom stereocenters. The van der Waals surface area contributed by atoms with Crippen LogP contribution in [0.5, 0.6) is 0 Å². The van der Waals surface area contributed by atoms with E-state index < -0.39 is 16.4 Å². The van der Waals surface area contributed by atoms with Gasteiger partial charge in [0.2, 0.25) is 0 Å². The lowest BCUT2D eigenvalue weighted by Gasteiger charge is -2.63. The number of hydrogen-bond donors (Lipinski definition) is 1. The number of carbonyl (C=O) groups is 3. The third-order valence-electron chi connectivity index (χ3n) is 11.0. The van der Waals surface area contributed by atoms with E-state index in [2.05, 4.69) is 26.8 Å². The fourth-order valence-corrected chi connectivity index (χ4v) is 8.87. The maximum absolute atomic E-state index is 13.9. The van der Waals surface area contributed by atoms with Gasteiger partial charge in [-0.2, -0.15) is 0 Å². The lowest BCUT2D eigenvalue weighted by atomic mass is 9.38. The van der Waals surface area contributed by atoms with Crippen LogP contribution in [-0.4, -0.2) is 28.6 Å². The average Bonchev–Trinajstić information content (AvgIpc) is 3.01. The van der Waals surface area contributed by atoms with Gasteiger partial charge in [0, 0.05) is 23.2 Å². The molecule has 0 saturated heterocycles. The summed E-state index contributed by atoms with van der Waals surface area (Å²) in [6.45, 7) is 14.4. The fraction of sp³-hybridized carbons (Fsp3) is 0.767. The predicted molar refractivity (Wildman–Crippen MR) is 134 cm³/mol. The number of ketones is 2. The second-order valence-electron chi connectivity index (χ2n) is 13.6. The monoisotopic (exact) mass is 468 g/mol. The summed E-state index contributed by atoms with van der Waals surface area (Å²) in [4.78, 5) is 39.6. The number of fused-ring (bicyclic) bond motifs is 5. The van der Waals surface area contributed by atoms with Gasteiger partial charge in [-0.25, -0.2) is 0 Å². The third kappa shape index (κ3) is 3.45. The van der Waals surface area contributed by atoms with Gasteiger partial charge in [0.05, 0.1) is 5.60 Å². The topological polar surface area (TPSA) is 71.4 Å². The van der Waals surface area contributed by atoms with E-state index in [1.54, 1.807) is 19.9 Å². The minimum absolute atomic E-state index is 0.00651. The van der Waals surface area contributed by atoms with Crippen LogP contribution < -0.4 is 0 Å². The summed E-state index contributed by atoms with van der Waals surface area (Å²) >= 11 is 0. The first-order chi connectivity index (χ1) is 15.6. The smallest absolute Gasteiger partial charge is 0.160 e. The van der Waals surface area contributed by atoms with Crippen molar-refractivity contribution < 1.29 is 19.5 Å². The number of carbonyl (C=O) groups excluding carboxylic acids is 3. The molecule has 34 heavy (non-hydrogen) atoms. The van der Waals surface area contributed by atoms with Crippen molar-refractivity contribution in [2.24, 2.45) is 45.3 Å². The Morgan fingerprint density at radius 2 is 1.76 bits per heavy atom. The number of Topliss-reactive ketones (excluding diaryl/α,β-unsaturated/α-hetero) is 1. The van der Waals surface area contributed by atoms with Gasteiger partial charge in [0.25, 0.3) is 0 Å². The lowest BCUT2D eigenvalue weighted by Crippen LogP contribution is -2.63. The molecular formula is C30H44O4. The first-order valence-electron chi connectivity index (χ1n) is 13.3. The molecule has 0 radical (unpaired) electrons. The molecule has 3 saturated carbocycles. The Morgan fingerprint density at radius 1 is 1.09 bits per heavy atom. The normalized spacial score (nSPS) is 42.6. The molecule has 188 valence electrons. The van der Waals surface area contributed by atoms with Gasteiger partial charge in [-0.3, -0.25) is 9.59 Å². The quantitative estimate of drug-likeness (QED) is 0.404. The highest BCUT2D eigenvalue weighted by atomic mass is 16.3. The highest BCUT2D eigenvalue weighted by Gasteiger charge is 2.71. The predicted octanol–water partition coefficient (Wildman–Crippen LogP) is 5.87. The van der Waals surface area contributed by atoms with Gasteiger partial charge >= 0.3 is 0 Å². The molecule has 4 aliphatic rings. The minimum atomic E-state index is -0.810. The van der Waals surface area contributed by atoms with Crippen molar-refractivity contribution in [2.75, 3.05) is 0 Å². The molecule has 4 heteroatoms. The molecular weight excluding hydrogens is 424 g/mol. The van der Waals surface area contributed by atoms with Gasteiger partial charge in [-0.15, -0.1) is 0 Å². The summed E-state index contributed by atoms with van der Waals surface area (Å²) in [7, 11) is 0. The molecule has 0 spiro atoms. The molecule has 0 aromatic carbocycles. The van der Waals surface area contributed by atoms with Crippen LogP contribution in [0.15, 0.2) is 23.8 Å². The SMILES string of the molecule is C[C@H](C/C=C/C(C)(C)O)[C@H]1CC[C@@]2(C)[C@@H]3C(=O)C=C4[C@@H](CCC(=O)C4(C)C)[C@]3(C=O)CC[C@]12C. The summed E-state index contributed by atoms with van der Waals surface area (Å²) in [5, 5.41) is 10.1. The number of rotatable bonds is 5. The van der Waals surface area contributed by atoms with Crippen LogP contribution in [-0.2, 0) is 14.4 Å². The van der Waals surface area contributed by atoms with Crippen LogP contribution in [0.3, 0.4) is 0 Å². The van der Waals surface area contributed by atoms with E-state index >= 15 is 0 Å². The van der Waals surface area contributed by atoms with E-state index in [1.165, 1.54) is 0 Å². The Hall–Kier alpha value is -1.55. The standard InChI is InChI=1S/C30H44O4/c1-19(9-8-13-26(2,3)34)20-12-14-29(7)25-23(32)17-22-21(10-11-24(33)27(22,4)5)30(25,18-31)16-15-28(20,29)6/h8,13,17-21,25,34H,9-12,14-16H2,1-7H3/b13-8+/t19-,20-,21-,25+,28-,29+,30-/m1/s1. The molecule has 4 nitrogen and oxygen atoms in total. The maximum atomic E-state index is 13.9. The van der Waals surface area contributed by atoms with Crippen molar-refractivity contribution >= 4 is 17.9 Å². The summed E-state index contributed by atoms with van der Waals surface area (Å²) in [6.07, 6.45) is 12.7. The molecule has 1 N–H and O–H groups in total. The molecule has 4 aliphatic carbocycles. The summed E-state index contributed by atoms with van der Waals surface area (Å²) in [6, 6.07) is 0. The molecule has 4 rings (SSSR count). The number of aldehydes is 1. The Labute approximate surface area is 205 Å². The van der Waals surface area contributed by atoms with Gasteiger partial charge in [-0.1, -0.05) is 32.9 Å². The molecule has 0 amide bonds. The Kier molecular flexibility index (Phi) is 5.99. The zero-order chi connectivity index (χ0) is 25.3. The van der Waals surface area contributed by atoms with E-state index in [1.807, 2.05) is 19.9 Å². The summed E-state index contributed by atoms with van der Waals surface area (Å²) in [5.74, 6) is 0.847. The summed E-state index contributed by atoms with van der Waals surface area (Å²) in [5.41, 5.74) is -1.52. The fourth-order valence-electron chi connectivity index (χ4n) is 8.87. The van der Waals surface area contributed by atoms with Crippen LogP contribution in [0, 0.1) is 45.3 Å². The van der Waals surface area contributed by atoms with E-state index in [4.69, 9.17) is 0 Å². The molecule has 0 aromatic rings. The van der Waals surface area contributed by atoms with Crippen molar-refractivity contribution in [1.82, 2.24) is 0 Å². The average molecular weight is 469 g/mol. The van der Waals surface area contributed by atoms with Crippen molar-refractivity contribution in [2.45, 2.75) is 99.0 Å². The molecule has 0 unspecified atom stereocenters. The van der Waals surface area contributed by atoms with Gasteiger partial charge in [0.1, 0.15) is 12.1 Å². The number of hydrogen-bond acceptors (Lipinski definition) is 4. The largest absolute Gasteiger partial charge is 0.386 e. The first-order valence-corrected chi connectivity index (χ1v) is 13.3. The molecule has 3 fully saturated rings. The van der Waals surface area contributed by atoms with Crippen LogP contribution in [0.2, 0.25) is 0 Å². The van der Waals surface area contributed by atoms with Crippen molar-refractivity contribution in [3.05, 3.63) is 23.8 Å². The second-order valence-corrected chi connectivity index (χ2v) is 13.6. The Morgan fingerprint density at radius 3 is 2.38 bits per heavy atom. The molecule has 0 heterocycles. The zero-order valence-electron chi connectivity index (χ0n) is 22.2. The van der Waals surface area contributed by atoms with Crippen LogP contribution in [0.25, 0.3) is 0 Å².